The summed E-state index contributed by atoms with van der Waals surface area (Å²) in [6.45, 7) is 8.87. The molecule has 0 radical (unpaired) electrons. The fraction of sp³-hybridized carbons (Fsp3) is 1.00. The van der Waals surface area contributed by atoms with Gasteiger partial charge in [0.1, 0.15) is 0 Å². The second-order valence-corrected chi connectivity index (χ2v) is 4.48. The van der Waals surface area contributed by atoms with E-state index in [0.717, 1.165) is 13.2 Å². The maximum Gasteiger partial charge on any atom is 0.0529 e. The van der Waals surface area contributed by atoms with Crippen LogP contribution in [-0.4, -0.2) is 19.8 Å². The summed E-state index contributed by atoms with van der Waals surface area (Å²) in [6.07, 6.45) is 5.09. The van der Waals surface area contributed by atoms with Crippen molar-refractivity contribution in [3.05, 3.63) is 0 Å². The molecule has 0 heterocycles. The fourth-order valence-corrected chi connectivity index (χ4v) is 1.04. The lowest BCUT2D eigenvalue weighted by atomic mass is 9.95. The third kappa shape index (κ3) is 8.26. The monoisotopic (exact) mass is 187 g/mol. The molecule has 0 bridgehead atoms. The Hall–Kier alpha value is -0.0800. The summed E-state index contributed by atoms with van der Waals surface area (Å²) in [6, 6.07) is 0. The third-order valence-corrected chi connectivity index (χ3v) is 2.19. The molecule has 0 atom stereocenters. The van der Waals surface area contributed by atoms with Crippen LogP contribution in [-0.2, 0) is 4.74 Å². The third-order valence-electron chi connectivity index (χ3n) is 2.19. The SMILES string of the molecule is CCCCCCOCC(C)(C)CN. The summed E-state index contributed by atoms with van der Waals surface area (Å²) in [5.41, 5.74) is 5.73. The lowest BCUT2D eigenvalue weighted by molar-refractivity contribution is 0.0640. The van der Waals surface area contributed by atoms with Crippen molar-refractivity contribution in [2.45, 2.75) is 46.5 Å². The molecule has 2 heteroatoms. The van der Waals surface area contributed by atoms with Gasteiger partial charge in [-0.1, -0.05) is 40.0 Å². The van der Waals surface area contributed by atoms with Crippen LogP contribution in [0, 0.1) is 5.41 Å². The van der Waals surface area contributed by atoms with E-state index in [9.17, 15) is 0 Å². The Morgan fingerprint density at radius 2 is 1.85 bits per heavy atom. The molecule has 0 aromatic heterocycles. The van der Waals surface area contributed by atoms with Gasteiger partial charge in [-0.15, -0.1) is 0 Å². The number of hydrogen-bond donors (Lipinski definition) is 1. The van der Waals surface area contributed by atoms with Crippen LogP contribution >= 0.6 is 0 Å². The van der Waals surface area contributed by atoms with Gasteiger partial charge in [-0.3, -0.25) is 0 Å². The molecule has 0 aliphatic rings. The molecule has 0 saturated carbocycles. The number of ether oxygens (including phenoxy) is 1. The summed E-state index contributed by atoms with van der Waals surface area (Å²) < 4.78 is 5.56. The van der Waals surface area contributed by atoms with Crippen molar-refractivity contribution in [3.63, 3.8) is 0 Å². The van der Waals surface area contributed by atoms with E-state index in [4.69, 9.17) is 10.5 Å². The zero-order valence-corrected chi connectivity index (χ0v) is 9.44. The Morgan fingerprint density at radius 3 is 2.38 bits per heavy atom. The molecule has 2 nitrogen and oxygen atoms in total. The minimum Gasteiger partial charge on any atom is -0.381 e. The van der Waals surface area contributed by atoms with E-state index in [1.54, 1.807) is 0 Å². The smallest absolute Gasteiger partial charge is 0.0529 e. The summed E-state index contributed by atoms with van der Waals surface area (Å²) in [5.74, 6) is 0. The topological polar surface area (TPSA) is 35.2 Å². The lowest BCUT2D eigenvalue weighted by Gasteiger charge is -2.21. The minimum absolute atomic E-state index is 0.144. The first-order chi connectivity index (χ1) is 6.12. The van der Waals surface area contributed by atoms with Crippen LogP contribution in [0.1, 0.15) is 46.5 Å². The van der Waals surface area contributed by atoms with Crippen molar-refractivity contribution in [3.8, 4) is 0 Å². The normalized spacial score (nSPS) is 12.0. The highest BCUT2D eigenvalue weighted by atomic mass is 16.5. The maximum atomic E-state index is 5.59. The highest BCUT2D eigenvalue weighted by Crippen LogP contribution is 2.12. The molecule has 0 spiro atoms. The van der Waals surface area contributed by atoms with Crippen LogP contribution in [0.2, 0.25) is 0 Å². The van der Waals surface area contributed by atoms with Gasteiger partial charge in [0.15, 0.2) is 0 Å². The highest BCUT2D eigenvalue weighted by molar-refractivity contribution is 4.67. The van der Waals surface area contributed by atoms with Crippen LogP contribution in [0.15, 0.2) is 0 Å². The van der Waals surface area contributed by atoms with Gasteiger partial charge in [0.2, 0.25) is 0 Å². The van der Waals surface area contributed by atoms with Gasteiger partial charge >= 0.3 is 0 Å². The molecule has 0 saturated heterocycles. The van der Waals surface area contributed by atoms with E-state index in [0.29, 0.717) is 6.54 Å². The first-order valence-electron chi connectivity index (χ1n) is 5.40. The minimum atomic E-state index is 0.144. The zero-order chi connectivity index (χ0) is 10.2. The second-order valence-electron chi connectivity index (χ2n) is 4.48. The van der Waals surface area contributed by atoms with Crippen molar-refractivity contribution in [1.82, 2.24) is 0 Å². The van der Waals surface area contributed by atoms with E-state index in [2.05, 4.69) is 20.8 Å². The van der Waals surface area contributed by atoms with Crippen molar-refractivity contribution in [1.29, 1.82) is 0 Å². The molecule has 80 valence electrons. The first kappa shape index (κ1) is 12.9. The van der Waals surface area contributed by atoms with Gasteiger partial charge in [0, 0.05) is 12.0 Å². The predicted octanol–water partition coefficient (Wildman–Crippen LogP) is 2.57. The molecule has 0 aliphatic carbocycles. The van der Waals surface area contributed by atoms with Crippen molar-refractivity contribution in [2.24, 2.45) is 11.1 Å². The second kappa shape index (κ2) is 7.34. The van der Waals surface area contributed by atoms with Crippen LogP contribution in [0.4, 0.5) is 0 Å². The van der Waals surface area contributed by atoms with E-state index in [-0.39, 0.29) is 5.41 Å². The molecule has 0 aromatic rings. The van der Waals surface area contributed by atoms with Crippen LogP contribution in [0.5, 0.6) is 0 Å². The molecule has 0 fully saturated rings. The van der Waals surface area contributed by atoms with E-state index < -0.39 is 0 Å². The van der Waals surface area contributed by atoms with Gasteiger partial charge in [0.05, 0.1) is 6.61 Å². The Balaban J connectivity index is 3.16. The van der Waals surface area contributed by atoms with Gasteiger partial charge < -0.3 is 10.5 Å². The Kier molecular flexibility index (Phi) is 7.29. The first-order valence-corrected chi connectivity index (χ1v) is 5.40. The van der Waals surface area contributed by atoms with Crippen molar-refractivity contribution >= 4 is 0 Å². The number of rotatable bonds is 8. The maximum absolute atomic E-state index is 5.59. The molecule has 0 unspecified atom stereocenters. The van der Waals surface area contributed by atoms with E-state index in [1.807, 2.05) is 0 Å². The van der Waals surface area contributed by atoms with Crippen molar-refractivity contribution in [2.75, 3.05) is 19.8 Å². The van der Waals surface area contributed by atoms with Gasteiger partial charge in [-0.05, 0) is 13.0 Å². The molecule has 0 aliphatic heterocycles. The summed E-state index contributed by atoms with van der Waals surface area (Å²) in [7, 11) is 0. The lowest BCUT2D eigenvalue weighted by Crippen LogP contribution is -2.29. The highest BCUT2D eigenvalue weighted by Gasteiger charge is 2.14. The quantitative estimate of drug-likeness (QED) is 0.593. The van der Waals surface area contributed by atoms with Crippen LogP contribution < -0.4 is 5.73 Å². The number of nitrogens with two attached hydrogens (primary N) is 1. The molecule has 2 N–H and O–H groups in total. The van der Waals surface area contributed by atoms with Crippen LogP contribution in [0.25, 0.3) is 0 Å². The Labute approximate surface area is 82.8 Å². The van der Waals surface area contributed by atoms with E-state index in [1.165, 1.54) is 25.7 Å². The van der Waals surface area contributed by atoms with E-state index >= 15 is 0 Å². The molecule has 13 heavy (non-hydrogen) atoms. The van der Waals surface area contributed by atoms with Gasteiger partial charge in [-0.2, -0.15) is 0 Å². The van der Waals surface area contributed by atoms with Crippen LogP contribution in [0.3, 0.4) is 0 Å². The summed E-state index contributed by atoms with van der Waals surface area (Å²) in [4.78, 5) is 0. The fourth-order valence-electron chi connectivity index (χ4n) is 1.04. The average Bonchev–Trinajstić information content (AvgIpc) is 2.11. The number of hydrogen-bond acceptors (Lipinski definition) is 2. The average molecular weight is 187 g/mol. The summed E-state index contributed by atoms with van der Waals surface area (Å²) in [5, 5.41) is 0. The zero-order valence-electron chi connectivity index (χ0n) is 9.44. The summed E-state index contributed by atoms with van der Waals surface area (Å²) >= 11 is 0. The standard InChI is InChI=1S/C11H25NO/c1-4-5-6-7-8-13-10-11(2,3)9-12/h4-10,12H2,1-3H3. The molecule has 0 amide bonds. The van der Waals surface area contributed by atoms with Gasteiger partial charge in [-0.25, -0.2) is 0 Å². The molecule has 0 aromatic carbocycles. The largest absolute Gasteiger partial charge is 0.381 e. The van der Waals surface area contributed by atoms with Gasteiger partial charge in [0.25, 0.3) is 0 Å². The molecular weight excluding hydrogens is 162 g/mol. The Bertz CT molecular complexity index is 113. The Morgan fingerprint density at radius 1 is 1.15 bits per heavy atom. The molecular formula is C11H25NO. The van der Waals surface area contributed by atoms with Crippen molar-refractivity contribution < 1.29 is 4.74 Å². The molecule has 0 rings (SSSR count). The number of unbranched alkanes of at least 4 members (excludes halogenated alkanes) is 3. The predicted molar refractivity (Wildman–Crippen MR) is 57.8 cm³/mol.